The Morgan fingerprint density at radius 2 is 2.00 bits per heavy atom. The van der Waals surface area contributed by atoms with E-state index < -0.39 is 17.9 Å². The van der Waals surface area contributed by atoms with Crippen LogP contribution >= 0.6 is 0 Å². The highest BCUT2D eigenvalue weighted by atomic mass is 16.2. The molecule has 0 bridgehead atoms. The van der Waals surface area contributed by atoms with Crippen LogP contribution in [0.1, 0.15) is 31.3 Å². The van der Waals surface area contributed by atoms with E-state index in [0.717, 1.165) is 6.54 Å². The number of aromatic nitrogens is 2. The summed E-state index contributed by atoms with van der Waals surface area (Å²) >= 11 is 0. The molecule has 0 saturated carbocycles. The quantitative estimate of drug-likeness (QED) is 0.678. The minimum Gasteiger partial charge on any atom is -0.369 e. The number of rotatable bonds is 6. The van der Waals surface area contributed by atoms with Crippen LogP contribution < -0.4 is 16.4 Å². The third kappa shape index (κ3) is 4.20. The summed E-state index contributed by atoms with van der Waals surface area (Å²) in [5, 5.41) is 5.52. The molecule has 0 saturated heterocycles. The number of amides is 2. The Bertz CT molecular complexity index is 444. The van der Waals surface area contributed by atoms with Gasteiger partial charge in [0.25, 0.3) is 5.91 Å². The smallest absolute Gasteiger partial charge is 0.272 e. The first kappa shape index (κ1) is 14.9. The third-order valence-electron chi connectivity index (χ3n) is 2.50. The zero-order valence-electron chi connectivity index (χ0n) is 11.3. The van der Waals surface area contributed by atoms with E-state index in [1.165, 1.54) is 12.4 Å². The van der Waals surface area contributed by atoms with Crippen molar-refractivity contribution in [2.75, 3.05) is 11.9 Å². The lowest BCUT2D eigenvalue weighted by molar-refractivity contribution is -0.120. The van der Waals surface area contributed by atoms with Gasteiger partial charge in [-0.2, -0.15) is 0 Å². The number of anilines is 1. The van der Waals surface area contributed by atoms with E-state index in [2.05, 4.69) is 20.6 Å². The van der Waals surface area contributed by atoms with Crippen LogP contribution in [0, 0.1) is 5.92 Å². The Morgan fingerprint density at radius 3 is 2.42 bits per heavy atom. The average molecular weight is 265 g/mol. The van der Waals surface area contributed by atoms with Crippen molar-refractivity contribution < 1.29 is 9.59 Å². The van der Waals surface area contributed by atoms with E-state index in [4.69, 9.17) is 5.73 Å². The first-order valence-corrected chi connectivity index (χ1v) is 6.11. The van der Waals surface area contributed by atoms with Crippen LogP contribution in [0.2, 0.25) is 0 Å². The van der Waals surface area contributed by atoms with Gasteiger partial charge in [-0.1, -0.05) is 13.8 Å². The summed E-state index contributed by atoms with van der Waals surface area (Å²) in [4.78, 5) is 31.1. The number of carbonyl (C=O) groups is 2. The van der Waals surface area contributed by atoms with E-state index in [0.29, 0.717) is 5.82 Å². The van der Waals surface area contributed by atoms with Crippen molar-refractivity contribution in [1.29, 1.82) is 0 Å². The highest BCUT2D eigenvalue weighted by molar-refractivity contribution is 5.95. The Labute approximate surface area is 112 Å². The van der Waals surface area contributed by atoms with Gasteiger partial charge in [-0.05, 0) is 12.8 Å². The SMILES string of the molecule is CCNc1cnc(C(=O)NC(C(N)=O)C(C)C)cn1. The summed E-state index contributed by atoms with van der Waals surface area (Å²) in [5.41, 5.74) is 5.37. The van der Waals surface area contributed by atoms with Crippen LogP contribution in [0.15, 0.2) is 12.4 Å². The van der Waals surface area contributed by atoms with Crippen LogP contribution in [0.4, 0.5) is 5.82 Å². The molecule has 104 valence electrons. The van der Waals surface area contributed by atoms with Crippen molar-refractivity contribution >= 4 is 17.6 Å². The van der Waals surface area contributed by atoms with Gasteiger partial charge < -0.3 is 16.4 Å². The number of carbonyl (C=O) groups excluding carboxylic acids is 2. The van der Waals surface area contributed by atoms with Gasteiger partial charge in [0.15, 0.2) is 0 Å². The highest BCUT2D eigenvalue weighted by Crippen LogP contribution is 2.04. The molecular formula is C12H19N5O2. The van der Waals surface area contributed by atoms with Gasteiger partial charge in [-0.25, -0.2) is 9.97 Å². The summed E-state index contributed by atoms with van der Waals surface area (Å²) in [7, 11) is 0. The second kappa shape index (κ2) is 6.67. The van der Waals surface area contributed by atoms with Crippen molar-refractivity contribution in [2.45, 2.75) is 26.8 Å². The van der Waals surface area contributed by atoms with Crippen molar-refractivity contribution in [1.82, 2.24) is 15.3 Å². The maximum Gasteiger partial charge on any atom is 0.272 e. The Morgan fingerprint density at radius 1 is 1.32 bits per heavy atom. The molecule has 1 aromatic heterocycles. The molecule has 7 nitrogen and oxygen atoms in total. The molecule has 1 aromatic rings. The number of hydrogen-bond donors (Lipinski definition) is 3. The minimum atomic E-state index is -0.720. The molecule has 1 heterocycles. The third-order valence-corrected chi connectivity index (χ3v) is 2.50. The molecule has 19 heavy (non-hydrogen) atoms. The topological polar surface area (TPSA) is 110 Å². The fourth-order valence-corrected chi connectivity index (χ4v) is 1.50. The van der Waals surface area contributed by atoms with E-state index >= 15 is 0 Å². The van der Waals surface area contributed by atoms with Crippen molar-refractivity contribution in [2.24, 2.45) is 11.7 Å². The second-order valence-electron chi connectivity index (χ2n) is 4.41. The number of primary amides is 1. The summed E-state index contributed by atoms with van der Waals surface area (Å²) < 4.78 is 0. The van der Waals surface area contributed by atoms with Crippen LogP contribution in [0.3, 0.4) is 0 Å². The molecular weight excluding hydrogens is 246 g/mol. The van der Waals surface area contributed by atoms with E-state index in [-0.39, 0.29) is 11.6 Å². The lowest BCUT2D eigenvalue weighted by atomic mass is 10.0. The molecule has 2 amide bonds. The predicted molar refractivity (Wildman–Crippen MR) is 71.5 cm³/mol. The highest BCUT2D eigenvalue weighted by Gasteiger charge is 2.22. The van der Waals surface area contributed by atoms with E-state index in [1.807, 2.05) is 6.92 Å². The molecule has 0 aliphatic heterocycles. The molecule has 1 unspecified atom stereocenters. The van der Waals surface area contributed by atoms with Crippen LogP contribution in [0.5, 0.6) is 0 Å². The summed E-state index contributed by atoms with van der Waals surface area (Å²) in [6.45, 7) is 6.25. The normalized spacial score (nSPS) is 12.0. The van der Waals surface area contributed by atoms with Gasteiger partial charge in [-0.15, -0.1) is 0 Å². The Hall–Kier alpha value is -2.18. The molecule has 0 aromatic carbocycles. The Kier molecular flexibility index (Phi) is 5.23. The molecule has 4 N–H and O–H groups in total. The van der Waals surface area contributed by atoms with Gasteiger partial charge >= 0.3 is 0 Å². The molecule has 0 aliphatic rings. The second-order valence-corrected chi connectivity index (χ2v) is 4.41. The first-order chi connectivity index (χ1) is 8.95. The van der Waals surface area contributed by atoms with Gasteiger partial charge in [-0.3, -0.25) is 9.59 Å². The lowest BCUT2D eigenvalue weighted by Gasteiger charge is -2.18. The number of hydrogen-bond acceptors (Lipinski definition) is 5. The van der Waals surface area contributed by atoms with Crippen molar-refractivity contribution in [3.8, 4) is 0 Å². The van der Waals surface area contributed by atoms with Crippen LogP contribution in [-0.4, -0.2) is 34.4 Å². The van der Waals surface area contributed by atoms with Crippen molar-refractivity contribution in [3.63, 3.8) is 0 Å². The molecule has 7 heteroatoms. The number of nitrogens with two attached hydrogens (primary N) is 1. The monoisotopic (exact) mass is 265 g/mol. The van der Waals surface area contributed by atoms with Crippen molar-refractivity contribution in [3.05, 3.63) is 18.1 Å². The summed E-state index contributed by atoms with van der Waals surface area (Å²) in [6.07, 6.45) is 2.82. The summed E-state index contributed by atoms with van der Waals surface area (Å²) in [6, 6.07) is -0.720. The maximum atomic E-state index is 11.9. The number of nitrogens with zero attached hydrogens (tertiary/aromatic N) is 2. The predicted octanol–water partition coefficient (Wildman–Crippen LogP) is 0.148. The largest absolute Gasteiger partial charge is 0.369 e. The molecule has 0 aliphatic carbocycles. The molecule has 1 rings (SSSR count). The fraction of sp³-hybridized carbons (Fsp3) is 0.500. The van der Waals surface area contributed by atoms with Gasteiger partial charge in [0.05, 0.1) is 12.4 Å². The van der Waals surface area contributed by atoms with Crippen LogP contribution in [-0.2, 0) is 4.79 Å². The molecule has 0 fully saturated rings. The molecule has 0 spiro atoms. The van der Waals surface area contributed by atoms with Gasteiger partial charge in [0, 0.05) is 6.54 Å². The molecule has 1 atom stereocenters. The average Bonchev–Trinajstić information content (AvgIpc) is 2.36. The van der Waals surface area contributed by atoms with Gasteiger partial charge in [0.2, 0.25) is 5.91 Å². The Balaban J connectivity index is 2.74. The number of nitrogens with one attached hydrogen (secondary N) is 2. The standard InChI is InChI=1S/C12H19N5O2/c1-4-14-9-6-15-8(5-16-9)12(19)17-10(7(2)3)11(13)18/h5-7,10H,4H2,1-3H3,(H2,13,18)(H,14,16)(H,17,19). The zero-order valence-corrected chi connectivity index (χ0v) is 11.3. The zero-order chi connectivity index (χ0) is 14.4. The minimum absolute atomic E-state index is 0.0876. The first-order valence-electron chi connectivity index (χ1n) is 6.11. The van der Waals surface area contributed by atoms with E-state index in [1.54, 1.807) is 13.8 Å². The maximum absolute atomic E-state index is 11.9. The molecule has 0 radical (unpaired) electrons. The summed E-state index contributed by atoms with van der Waals surface area (Å²) in [5.74, 6) is -0.529. The fourth-order valence-electron chi connectivity index (χ4n) is 1.50. The van der Waals surface area contributed by atoms with E-state index in [9.17, 15) is 9.59 Å². The lowest BCUT2D eigenvalue weighted by Crippen LogP contribution is -2.47. The van der Waals surface area contributed by atoms with Crippen LogP contribution in [0.25, 0.3) is 0 Å². The van der Waals surface area contributed by atoms with Gasteiger partial charge in [0.1, 0.15) is 17.6 Å².